The third kappa shape index (κ3) is 4.49. The lowest BCUT2D eigenvalue weighted by Gasteiger charge is -2.34. The van der Waals surface area contributed by atoms with Crippen LogP contribution in [0.4, 0.5) is 4.39 Å². The highest BCUT2D eigenvalue weighted by molar-refractivity contribution is 9.10. The Morgan fingerprint density at radius 1 is 1.38 bits per heavy atom. The summed E-state index contributed by atoms with van der Waals surface area (Å²) in [5.74, 6) is 6.07. The van der Waals surface area contributed by atoms with E-state index in [2.05, 4.69) is 21.4 Å². The summed E-state index contributed by atoms with van der Waals surface area (Å²) in [6, 6.07) is 4.80. The van der Waals surface area contributed by atoms with Crippen molar-refractivity contribution < 1.29 is 9.13 Å². The van der Waals surface area contributed by atoms with Crippen LogP contribution in [0.15, 0.2) is 22.7 Å². The molecule has 1 fully saturated rings. The third-order valence-electron chi connectivity index (χ3n) is 4.45. The van der Waals surface area contributed by atoms with E-state index in [1.807, 2.05) is 0 Å². The molecule has 1 aromatic carbocycles. The minimum absolute atomic E-state index is 0.0276. The van der Waals surface area contributed by atoms with E-state index in [9.17, 15) is 4.39 Å². The molecule has 5 heteroatoms. The summed E-state index contributed by atoms with van der Waals surface area (Å²) in [7, 11) is 1.75. The van der Waals surface area contributed by atoms with Gasteiger partial charge in [-0.2, -0.15) is 0 Å². The quantitative estimate of drug-likeness (QED) is 0.603. The van der Waals surface area contributed by atoms with Crippen LogP contribution in [0.1, 0.15) is 37.7 Å². The Kier molecular flexibility index (Phi) is 6.61. The van der Waals surface area contributed by atoms with E-state index in [1.54, 1.807) is 13.2 Å². The zero-order valence-electron chi connectivity index (χ0n) is 12.4. The van der Waals surface area contributed by atoms with Crippen LogP contribution in [-0.4, -0.2) is 19.3 Å². The Morgan fingerprint density at radius 3 is 2.67 bits per heavy atom. The van der Waals surface area contributed by atoms with Gasteiger partial charge in [0.1, 0.15) is 5.82 Å². The Balaban J connectivity index is 2.09. The normalized spacial score (nSPS) is 19.4. The topological polar surface area (TPSA) is 47.3 Å². The molecular weight excluding hydrogens is 335 g/mol. The first-order chi connectivity index (χ1) is 10.2. The van der Waals surface area contributed by atoms with Crippen molar-refractivity contribution in [1.29, 1.82) is 0 Å². The van der Waals surface area contributed by atoms with Gasteiger partial charge in [0.25, 0.3) is 0 Å². The van der Waals surface area contributed by atoms with E-state index in [0.717, 1.165) is 10.0 Å². The molecule has 2 atom stereocenters. The van der Waals surface area contributed by atoms with Gasteiger partial charge in [0.2, 0.25) is 0 Å². The fourth-order valence-corrected chi connectivity index (χ4v) is 3.85. The zero-order valence-corrected chi connectivity index (χ0v) is 14.0. The second-order valence-electron chi connectivity index (χ2n) is 5.81. The van der Waals surface area contributed by atoms with Gasteiger partial charge in [-0.15, -0.1) is 0 Å². The molecule has 0 amide bonds. The first kappa shape index (κ1) is 16.9. The number of nitrogens with two attached hydrogens (primary N) is 1. The van der Waals surface area contributed by atoms with Crippen molar-refractivity contribution in [2.45, 2.75) is 50.7 Å². The Labute approximate surface area is 134 Å². The monoisotopic (exact) mass is 358 g/mol. The summed E-state index contributed by atoms with van der Waals surface area (Å²) < 4.78 is 19.7. The fraction of sp³-hybridized carbons (Fsp3) is 0.625. The van der Waals surface area contributed by atoms with E-state index in [-0.39, 0.29) is 18.0 Å². The van der Waals surface area contributed by atoms with Gasteiger partial charge in [0, 0.05) is 11.6 Å². The predicted octanol–water partition coefficient (Wildman–Crippen LogP) is 3.56. The average molecular weight is 359 g/mol. The zero-order chi connectivity index (χ0) is 15.2. The summed E-state index contributed by atoms with van der Waals surface area (Å²) in [5.41, 5.74) is 3.94. The van der Waals surface area contributed by atoms with Gasteiger partial charge in [-0.1, -0.05) is 41.3 Å². The Hall–Kier alpha value is -0.490. The van der Waals surface area contributed by atoms with Gasteiger partial charge in [-0.25, -0.2) is 4.39 Å². The molecule has 118 valence electrons. The molecule has 0 saturated heterocycles. The molecule has 21 heavy (non-hydrogen) atoms. The van der Waals surface area contributed by atoms with Crippen LogP contribution in [-0.2, 0) is 11.2 Å². The molecule has 0 aliphatic heterocycles. The minimum Gasteiger partial charge on any atom is -0.379 e. The second kappa shape index (κ2) is 8.22. The molecule has 1 aliphatic rings. The number of ether oxygens (including phenoxy) is 1. The van der Waals surface area contributed by atoms with Crippen molar-refractivity contribution in [2.75, 3.05) is 7.11 Å². The summed E-state index contributed by atoms with van der Waals surface area (Å²) in [6.07, 6.45) is 7.04. The number of hydrazine groups is 1. The van der Waals surface area contributed by atoms with Crippen molar-refractivity contribution in [1.82, 2.24) is 5.43 Å². The van der Waals surface area contributed by atoms with Crippen molar-refractivity contribution >= 4 is 15.9 Å². The molecule has 0 aromatic heterocycles. The summed E-state index contributed by atoms with van der Waals surface area (Å²) in [4.78, 5) is 0. The lowest BCUT2D eigenvalue weighted by molar-refractivity contribution is 0.00823. The second-order valence-corrected chi connectivity index (χ2v) is 6.67. The van der Waals surface area contributed by atoms with Gasteiger partial charge < -0.3 is 4.74 Å². The van der Waals surface area contributed by atoms with Crippen LogP contribution in [0, 0.1) is 11.7 Å². The van der Waals surface area contributed by atoms with E-state index >= 15 is 0 Å². The molecule has 1 aromatic rings. The summed E-state index contributed by atoms with van der Waals surface area (Å²) in [5, 5.41) is 0. The third-order valence-corrected chi connectivity index (χ3v) is 5.19. The van der Waals surface area contributed by atoms with Crippen LogP contribution in [0.25, 0.3) is 0 Å². The molecule has 2 unspecified atom stereocenters. The van der Waals surface area contributed by atoms with Crippen LogP contribution in [0.3, 0.4) is 0 Å². The average Bonchev–Trinajstić information content (AvgIpc) is 2.50. The highest BCUT2D eigenvalue weighted by Crippen LogP contribution is 2.30. The van der Waals surface area contributed by atoms with Gasteiger partial charge in [0.15, 0.2) is 0 Å². The number of hydrogen-bond acceptors (Lipinski definition) is 3. The largest absolute Gasteiger partial charge is 0.379 e. The van der Waals surface area contributed by atoms with Gasteiger partial charge >= 0.3 is 0 Å². The number of nitrogens with one attached hydrogen (secondary N) is 1. The highest BCUT2D eigenvalue weighted by Gasteiger charge is 2.30. The van der Waals surface area contributed by atoms with Gasteiger partial charge in [0.05, 0.1) is 12.1 Å². The van der Waals surface area contributed by atoms with E-state index in [0.29, 0.717) is 12.3 Å². The van der Waals surface area contributed by atoms with Crippen LogP contribution >= 0.6 is 15.9 Å². The molecule has 0 bridgehead atoms. The number of hydrogen-bond donors (Lipinski definition) is 2. The van der Waals surface area contributed by atoms with Crippen molar-refractivity contribution in [3.05, 3.63) is 34.1 Å². The standard InChI is InChI=1S/C16H24BrFN2O/c1-21-16(11-5-3-2-4-6-11)15(20-19)9-12-7-8-13(18)10-14(12)17/h7-8,10-11,15-16,20H,2-6,9,19H2,1H3. The van der Waals surface area contributed by atoms with E-state index in [1.165, 1.54) is 44.2 Å². The molecule has 2 rings (SSSR count). The lowest BCUT2D eigenvalue weighted by atomic mass is 9.81. The Morgan fingerprint density at radius 2 is 2.10 bits per heavy atom. The van der Waals surface area contributed by atoms with Gasteiger partial charge in [-0.05, 0) is 42.9 Å². The van der Waals surface area contributed by atoms with Crippen molar-refractivity contribution in [2.24, 2.45) is 11.8 Å². The maximum atomic E-state index is 13.2. The Bertz CT molecular complexity index is 452. The SMILES string of the molecule is COC(C1CCCCC1)C(Cc1ccc(F)cc1Br)NN. The van der Waals surface area contributed by atoms with Gasteiger partial charge in [-0.3, -0.25) is 11.3 Å². The van der Waals surface area contributed by atoms with Crippen molar-refractivity contribution in [3.63, 3.8) is 0 Å². The predicted molar refractivity (Wildman–Crippen MR) is 86.3 cm³/mol. The first-order valence-corrected chi connectivity index (χ1v) is 8.38. The summed E-state index contributed by atoms with van der Waals surface area (Å²) >= 11 is 3.42. The van der Waals surface area contributed by atoms with E-state index < -0.39 is 0 Å². The maximum Gasteiger partial charge on any atom is 0.124 e. The maximum absolute atomic E-state index is 13.2. The number of rotatable bonds is 6. The molecule has 0 radical (unpaired) electrons. The molecule has 0 spiro atoms. The molecule has 1 saturated carbocycles. The number of benzene rings is 1. The molecule has 3 N–H and O–H groups in total. The number of halogens is 2. The molecule has 1 aliphatic carbocycles. The van der Waals surface area contributed by atoms with E-state index in [4.69, 9.17) is 10.6 Å². The van der Waals surface area contributed by atoms with Crippen LogP contribution in [0.2, 0.25) is 0 Å². The molecule has 3 nitrogen and oxygen atoms in total. The summed E-state index contributed by atoms with van der Waals surface area (Å²) in [6.45, 7) is 0. The molecule has 0 heterocycles. The highest BCUT2D eigenvalue weighted by atomic mass is 79.9. The van der Waals surface area contributed by atoms with Crippen molar-refractivity contribution in [3.8, 4) is 0 Å². The fourth-order valence-electron chi connectivity index (χ4n) is 3.34. The van der Waals surface area contributed by atoms with Crippen LogP contribution in [0.5, 0.6) is 0 Å². The van der Waals surface area contributed by atoms with Crippen LogP contribution < -0.4 is 11.3 Å². The molecular formula is C16H24BrFN2O. The minimum atomic E-state index is -0.238. The lowest BCUT2D eigenvalue weighted by Crippen LogP contribution is -2.49. The number of methoxy groups -OCH3 is 1. The first-order valence-electron chi connectivity index (χ1n) is 7.58. The smallest absolute Gasteiger partial charge is 0.124 e.